The van der Waals surface area contributed by atoms with Crippen LogP contribution in [-0.2, 0) is 16.0 Å². The van der Waals surface area contributed by atoms with Gasteiger partial charge in [0.2, 0.25) is 0 Å². The van der Waals surface area contributed by atoms with Gasteiger partial charge in [0.25, 0.3) is 0 Å². The maximum atomic E-state index is 11.3. The maximum absolute atomic E-state index is 11.3. The van der Waals surface area contributed by atoms with Crippen molar-refractivity contribution in [3.05, 3.63) is 78.4 Å². The molecule has 0 spiro atoms. The Morgan fingerprint density at radius 1 is 0.844 bits per heavy atom. The minimum absolute atomic E-state index is 0. The third-order valence-corrected chi connectivity index (χ3v) is 9.92. The molecule has 1 heterocycles. The van der Waals surface area contributed by atoms with Gasteiger partial charge in [-0.25, -0.2) is 4.79 Å². The van der Waals surface area contributed by atoms with Crippen LogP contribution in [0, 0.1) is 0 Å². The standard InChI is InChI=1S/C25H25NO4S.C12H23N.H3N/c1-2-29-22(25(27)28)17-18-11-13-19(14-12-18)30-16-15-26-20-7-3-5-9-23(20)31-24-10-6-4-8-21(24)26;1-3-7-11(8-4-1)13-12-9-5-2-6-10-12;/h3-14,22H,2,15-17H2,1H3,(H,27,28);11-13H,1-10H2;1H3. The lowest BCUT2D eigenvalue weighted by atomic mass is 9.91. The third kappa shape index (κ3) is 10.2. The monoisotopic (exact) mass is 633 g/mol. The summed E-state index contributed by atoms with van der Waals surface area (Å²) in [7, 11) is 0. The molecule has 0 bridgehead atoms. The Morgan fingerprint density at radius 3 is 1.89 bits per heavy atom. The first-order chi connectivity index (χ1) is 21.6. The third-order valence-electron chi connectivity index (χ3n) is 8.79. The van der Waals surface area contributed by atoms with E-state index in [2.05, 4.69) is 58.7 Å². The smallest absolute Gasteiger partial charge is 0.333 e. The molecule has 45 heavy (non-hydrogen) atoms. The number of fused-ring (bicyclic) bond motifs is 2. The van der Waals surface area contributed by atoms with Gasteiger partial charge < -0.3 is 30.9 Å². The van der Waals surface area contributed by atoms with Gasteiger partial charge in [-0.2, -0.15) is 0 Å². The molecule has 6 rings (SSSR count). The van der Waals surface area contributed by atoms with Crippen LogP contribution in [0.15, 0.2) is 82.6 Å². The summed E-state index contributed by atoms with van der Waals surface area (Å²) in [4.78, 5) is 16.1. The number of carboxylic acid groups (broad SMARTS) is 1. The largest absolute Gasteiger partial charge is 0.492 e. The number of hydrogen-bond donors (Lipinski definition) is 3. The topological polar surface area (TPSA) is 106 Å². The number of para-hydroxylation sites is 2. The van der Waals surface area contributed by atoms with Gasteiger partial charge in [0.1, 0.15) is 12.4 Å². The Bertz CT molecular complexity index is 1250. The first-order valence-corrected chi connectivity index (χ1v) is 17.4. The number of rotatable bonds is 11. The molecule has 2 aliphatic carbocycles. The fourth-order valence-electron chi connectivity index (χ4n) is 6.50. The van der Waals surface area contributed by atoms with Crippen LogP contribution in [0.2, 0.25) is 0 Å². The summed E-state index contributed by atoms with van der Waals surface area (Å²) < 4.78 is 11.3. The number of hydrogen-bond acceptors (Lipinski definition) is 7. The lowest BCUT2D eigenvalue weighted by Gasteiger charge is -2.32. The van der Waals surface area contributed by atoms with Crippen LogP contribution >= 0.6 is 11.8 Å². The van der Waals surface area contributed by atoms with Crippen LogP contribution in [0.1, 0.15) is 76.7 Å². The Hall–Kier alpha value is -3.04. The van der Waals surface area contributed by atoms with E-state index >= 15 is 0 Å². The molecule has 244 valence electrons. The number of anilines is 2. The molecule has 2 fully saturated rings. The summed E-state index contributed by atoms with van der Waals surface area (Å²) in [6.07, 6.45) is 14.1. The highest BCUT2D eigenvalue weighted by Gasteiger charge is 2.23. The van der Waals surface area contributed by atoms with Crippen molar-refractivity contribution in [2.75, 3.05) is 24.7 Å². The number of carbonyl (C=O) groups is 1. The summed E-state index contributed by atoms with van der Waals surface area (Å²) in [5, 5.41) is 13.1. The summed E-state index contributed by atoms with van der Waals surface area (Å²) in [5.41, 5.74) is 3.30. The Balaban J connectivity index is 0.000000275. The van der Waals surface area contributed by atoms with Crippen LogP contribution in [-0.4, -0.2) is 49.0 Å². The van der Waals surface area contributed by atoms with Crippen molar-refractivity contribution >= 4 is 29.1 Å². The van der Waals surface area contributed by atoms with Crippen LogP contribution in [0.4, 0.5) is 11.4 Å². The summed E-state index contributed by atoms with van der Waals surface area (Å²) in [5.74, 6) is -0.178. The van der Waals surface area contributed by atoms with E-state index in [-0.39, 0.29) is 6.15 Å². The number of carboxylic acids is 1. The number of nitrogens with one attached hydrogen (secondary N) is 1. The molecule has 1 atom stereocenters. The van der Waals surface area contributed by atoms with Gasteiger partial charge in [-0.3, -0.25) is 0 Å². The van der Waals surface area contributed by atoms with Crippen molar-refractivity contribution in [3.8, 4) is 5.75 Å². The molecule has 7 nitrogen and oxygen atoms in total. The minimum Gasteiger partial charge on any atom is -0.492 e. The van der Waals surface area contributed by atoms with Gasteiger partial charge in [-0.05, 0) is 74.6 Å². The van der Waals surface area contributed by atoms with E-state index in [1.165, 1.54) is 85.4 Å². The van der Waals surface area contributed by atoms with Gasteiger partial charge in [0.05, 0.1) is 17.9 Å². The Morgan fingerprint density at radius 2 is 1.38 bits per heavy atom. The van der Waals surface area contributed by atoms with Crippen molar-refractivity contribution in [1.82, 2.24) is 11.5 Å². The second-order valence-corrected chi connectivity index (χ2v) is 13.1. The van der Waals surface area contributed by atoms with Gasteiger partial charge in [-0.1, -0.05) is 86.7 Å². The average Bonchev–Trinajstić information content (AvgIpc) is 3.06. The predicted molar refractivity (Wildman–Crippen MR) is 185 cm³/mol. The van der Waals surface area contributed by atoms with Crippen molar-refractivity contribution in [3.63, 3.8) is 0 Å². The van der Waals surface area contributed by atoms with E-state index in [0.717, 1.165) is 29.9 Å². The van der Waals surface area contributed by atoms with E-state index < -0.39 is 12.1 Å². The predicted octanol–water partition coefficient (Wildman–Crippen LogP) is 8.80. The number of aliphatic carboxylic acids is 1. The maximum Gasteiger partial charge on any atom is 0.333 e. The molecular weight excluding hydrogens is 582 g/mol. The van der Waals surface area contributed by atoms with Crippen LogP contribution in [0.25, 0.3) is 0 Å². The Kier molecular flexibility index (Phi) is 14.1. The minimum atomic E-state index is -0.942. The lowest BCUT2D eigenvalue weighted by molar-refractivity contribution is -0.149. The fourth-order valence-corrected chi connectivity index (χ4v) is 7.60. The zero-order valence-corrected chi connectivity index (χ0v) is 27.6. The first kappa shape index (κ1) is 34.8. The number of benzene rings is 3. The molecule has 0 amide bonds. The average molecular weight is 634 g/mol. The van der Waals surface area contributed by atoms with E-state index in [1.807, 2.05) is 24.3 Å². The van der Waals surface area contributed by atoms with E-state index in [0.29, 0.717) is 19.6 Å². The molecule has 3 aromatic carbocycles. The SMILES string of the molecule is C1CCC(NC2CCCCC2)CC1.CCOC(Cc1ccc(OCCN2c3ccccc3Sc3ccccc32)cc1)C(=O)O.N. The number of ether oxygens (including phenoxy) is 2. The van der Waals surface area contributed by atoms with E-state index in [1.54, 1.807) is 18.7 Å². The second kappa shape index (κ2) is 18.2. The van der Waals surface area contributed by atoms with Crippen molar-refractivity contribution in [1.29, 1.82) is 0 Å². The van der Waals surface area contributed by atoms with Crippen LogP contribution < -0.4 is 21.1 Å². The lowest BCUT2D eigenvalue weighted by Crippen LogP contribution is -2.40. The molecule has 5 N–H and O–H groups in total. The van der Waals surface area contributed by atoms with E-state index in [4.69, 9.17) is 9.47 Å². The first-order valence-electron chi connectivity index (χ1n) is 16.6. The molecule has 0 saturated heterocycles. The zero-order valence-electron chi connectivity index (χ0n) is 26.8. The quantitative estimate of drug-likeness (QED) is 0.192. The van der Waals surface area contributed by atoms with Gasteiger partial charge in [-0.15, -0.1) is 0 Å². The summed E-state index contributed by atoms with van der Waals surface area (Å²) >= 11 is 1.79. The highest BCUT2D eigenvalue weighted by Crippen LogP contribution is 2.47. The normalized spacial score (nSPS) is 17.1. The van der Waals surface area contributed by atoms with Crippen LogP contribution in [0.5, 0.6) is 5.75 Å². The molecule has 0 aromatic heterocycles. The molecule has 1 aliphatic heterocycles. The van der Waals surface area contributed by atoms with Crippen molar-refractivity contribution < 1.29 is 19.4 Å². The molecule has 8 heteroatoms. The van der Waals surface area contributed by atoms with Crippen molar-refractivity contribution in [2.24, 2.45) is 0 Å². The van der Waals surface area contributed by atoms with Crippen molar-refractivity contribution in [2.45, 2.75) is 106 Å². The highest BCUT2D eigenvalue weighted by atomic mass is 32.2. The summed E-state index contributed by atoms with van der Waals surface area (Å²) in [6.45, 7) is 3.43. The van der Waals surface area contributed by atoms with E-state index in [9.17, 15) is 9.90 Å². The van der Waals surface area contributed by atoms with Crippen LogP contribution in [0.3, 0.4) is 0 Å². The molecule has 2 saturated carbocycles. The second-order valence-electron chi connectivity index (χ2n) is 12.0. The zero-order chi connectivity index (χ0) is 30.6. The molecule has 0 radical (unpaired) electrons. The van der Waals surface area contributed by atoms with Gasteiger partial charge >= 0.3 is 5.97 Å². The molecule has 1 unspecified atom stereocenters. The molecular formula is C37H51N3O4S. The Labute approximate surface area is 273 Å². The molecule has 3 aromatic rings. The molecule has 3 aliphatic rings. The number of nitrogens with zero attached hydrogens (tertiary/aromatic N) is 1. The highest BCUT2D eigenvalue weighted by molar-refractivity contribution is 7.99. The van der Waals surface area contributed by atoms with Gasteiger partial charge in [0, 0.05) is 34.9 Å². The fraction of sp³-hybridized carbons (Fsp3) is 0.486. The van der Waals surface area contributed by atoms with Gasteiger partial charge in [0.15, 0.2) is 6.10 Å². The summed E-state index contributed by atoms with van der Waals surface area (Å²) in [6, 6.07) is 26.1.